The second kappa shape index (κ2) is 10.5. The zero-order chi connectivity index (χ0) is 23.3. The number of likely N-dealkylation sites (N-methyl/N-ethyl adjacent to an activating group) is 1. The molecule has 6 nitrogen and oxygen atoms in total. The number of piperazine rings is 1. The molecule has 9 heteroatoms. The highest BCUT2D eigenvalue weighted by molar-refractivity contribution is 5.94. The molecule has 0 aliphatic carbocycles. The first-order chi connectivity index (χ1) is 15.2. The molecule has 0 radical (unpaired) electrons. The van der Waals surface area contributed by atoms with E-state index in [9.17, 15) is 22.8 Å². The van der Waals surface area contributed by atoms with E-state index in [-0.39, 0.29) is 24.1 Å². The van der Waals surface area contributed by atoms with Crippen molar-refractivity contribution < 1.29 is 27.5 Å². The predicted octanol–water partition coefficient (Wildman–Crippen LogP) is 3.15. The molecule has 2 aromatic rings. The molecule has 2 aromatic carbocycles. The van der Waals surface area contributed by atoms with E-state index in [1.807, 2.05) is 4.90 Å². The van der Waals surface area contributed by atoms with Crippen LogP contribution in [0.4, 0.5) is 13.2 Å². The molecule has 0 unspecified atom stereocenters. The number of hydrogen-bond donors (Lipinski definition) is 0. The maximum Gasteiger partial charge on any atom is 0.387 e. The van der Waals surface area contributed by atoms with Crippen LogP contribution in [-0.2, 0) is 11.3 Å². The van der Waals surface area contributed by atoms with E-state index in [0.717, 1.165) is 5.56 Å². The van der Waals surface area contributed by atoms with E-state index < -0.39 is 12.4 Å². The number of alkyl halides is 2. The van der Waals surface area contributed by atoms with Crippen molar-refractivity contribution in [3.05, 3.63) is 65.0 Å². The van der Waals surface area contributed by atoms with Crippen LogP contribution in [0.2, 0.25) is 0 Å². The van der Waals surface area contributed by atoms with Gasteiger partial charge >= 0.3 is 6.61 Å². The Labute approximate surface area is 185 Å². The molecule has 0 aromatic heterocycles. The Hall–Kier alpha value is -3.07. The molecule has 32 heavy (non-hydrogen) atoms. The summed E-state index contributed by atoms with van der Waals surface area (Å²) in [6.45, 7) is 1.31. The summed E-state index contributed by atoms with van der Waals surface area (Å²) in [5.41, 5.74) is 1.61. The number of hydrogen-bond acceptors (Lipinski definition) is 4. The molecule has 1 saturated heterocycles. The number of amides is 2. The van der Waals surface area contributed by atoms with Gasteiger partial charge in [-0.15, -0.1) is 0 Å². The summed E-state index contributed by atoms with van der Waals surface area (Å²) in [7, 11) is 1.68. The average Bonchev–Trinajstić information content (AvgIpc) is 2.76. The van der Waals surface area contributed by atoms with Crippen LogP contribution >= 0.6 is 0 Å². The number of carbonyl (C=O) groups excluding carboxylic acids is 2. The van der Waals surface area contributed by atoms with Crippen molar-refractivity contribution in [3.63, 3.8) is 0 Å². The molecule has 172 valence electrons. The van der Waals surface area contributed by atoms with Crippen LogP contribution in [-0.4, -0.2) is 72.9 Å². The van der Waals surface area contributed by atoms with E-state index in [0.29, 0.717) is 43.9 Å². The summed E-state index contributed by atoms with van der Waals surface area (Å²) < 4.78 is 42.5. The normalized spacial score (nSPS) is 14.5. The van der Waals surface area contributed by atoms with E-state index in [1.165, 1.54) is 18.2 Å². The Balaban J connectivity index is 1.46. The number of rotatable bonds is 7. The third-order valence-electron chi connectivity index (χ3n) is 5.43. The molecule has 1 aliphatic heterocycles. The molecule has 2 amide bonds. The van der Waals surface area contributed by atoms with Crippen molar-refractivity contribution in [2.75, 3.05) is 39.8 Å². The first kappa shape index (κ1) is 23.6. The van der Waals surface area contributed by atoms with Gasteiger partial charge in [-0.3, -0.25) is 14.5 Å². The molecule has 0 spiro atoms. The van der Waals surface area contributed by atoms with Crippen LogP contribution in [0.5, 0.6) is 5.75 Å². The standard InChI is InChI=1S/C23H26F3N3O3/c1-16-3-6-18(13-20(16)24)22(31)29-11-9-28(10-12-29)15-21(30)27(2)14-17-4-7-19(8-5-17)32-23(25)26/h3-8,13,23H,9-12,14-15H2,1-2H3. The highest BCUT2D eigenvalue weighted by atomic mass is 19.3. The van der Waals surface area contributed by atoms with Crippen molar-refractivity contribution >= 4 is 11.8 Å². The molecular weight excluding hydrogens is 423 g/mol. The fraction of sp³-hybridized carbons (Fsp3) is 0.391. The minimum absolute atomic E-state index is 0.0681. The van der Waals surface area contributed by atoms with Gasteiger partial charge in [0.25, 0.3) is 5.91 Å². The monoisotopic (exact) mass is 449 g/mol. The average molecular weight is 449 g/mol. The van der Waals surface area contributed by atoms with Gasteiger partial charge in [-0.25, -0.2) is 4.39 Å². The van der Waals surface area contributed by atoms with Gasteiger partial charge in [0.1, 0.15) is 11.6 Å². The van der Waals surface area contributed by atoms with Crippen LogP contribution < -0.4 is 4.74 Å². The smallest absolute Gasteiger partial charge is 0.387 e. The van der Waals surface area contributed by atoms with Crippen LogP contribution in [0.3, 0.4) is 0 Å². The van der Waals surface area contributed by atoms with E-state index in [4.69, 9.17) is 0 Å². The zero-order valence-corrected chi connectivity index (χ0v) is 18.1. The molecular formula is C23H26F3N3O3. The lowest BCUT2D eigenvalue weighted by atomic mass is 10.1. The Morgan fingerprint density at radius 3 is 2.31 bits per heavy atom. The quantitative estimate of drug-likeness (QED) is 0.652. The van der Waals surface area contributed by atoms with Crippen molar-refractivity contribution in [1.82, 2.24) is 14.7 Å². The van der Waals surface area contributed by atoms with Gasteiger partial charge in [-0.2, -0.15) is 8.78 Å². The molecule has 1 aliphatic rings. The molecule has 0 atom stereocenters. The third kappa shape index (κ3) is 6.23. The topological polar surface area (TPSA) is 53.1 Å². The van der Waals surface area contributed by atoms with E-state index in [1.54, 1.807) is 48.0 Å². The highest BCUT2D eigenvalue weighted by Gasteiger charge is 2.24. The zero-order valence-electron chi connectivity index (χ0n) is 18.1. The van der Waals surface area contributed by atoms with Gasteiger partial charge in [0.05, 0.1) is 6.54 Å². The Kier molecular flexibility index (Phi) is 7.74. The van der Waals surface area contributed by atoms with Crippen LogP contribution in [0.15, 0.2) is 42.5 Å². The lowest BCUT2D eigenvalue weighted by Crippen LogP contribution is -2.51. The number of benzene rings is 2. The number of ether oxygens (including phenoxy) is 1. The van der Waals surface area contributed by atoms with Crippen molar-refractivity contribution in [2.24, 2.45) is 0 Å². The molecule has 1 fully saturated rings. The summed E-state index contributed by atoms with van der Waals surface area (Å²) in [6, 6.07) is 10.6. The Morgan fingerprint density at radius 1 is 1.06 bits per heavy atom. The summed E-state index contributed by atoms with van der Waals surface area (Å²) in [5.74, 6) is -0.637. The van der Waals surface area contributed by atoms with Crippen LogP contribution in [0, 0.1) is 12.7 Å². The van der Waals surface area contributed by atoms with Crippen molar-refractivity contribution in [1.29, 1.82) is 0 Å². The molecule has 1 heterocycles. The molecule has 3 rings (SSSR count). The molecule has 0 saturated carbocycles. The maximum atomic E-state index is 13.8. The van der Waals surface area contributed by atoms with Crippen molar-refractivity contribution in [3.8, 4) is 5.75 Å². The molecule has 0 bridgehead atoms. The minimum Gasteiger partial charge on any atom is -0.435 e. The Bertz CT molecular complexity index is 945. The minimum atomic E-state index is -2.88. The Morgan fingerprint density at radius 2 is 1.72 bits per heavy atom. The number of halogens is 3. The van der Waals surface area contributed by atoms with Gasteiger partial charge in [0, 0.05) is 45.3 Å². The second-order valence-electron chi connectivity index (χ2n) is 7.80. The third-order valence-corrected chi connectivity index (χ3v) is 5.43. The van der Waals surface area contributed by atoms with Crippen LogP contribution in [0.1, 0.15) is 21.5 Å². The number of nitrogens with zero attached hydrogens (tertiary/aromatic N) is 3. The second-order valence-corrected chi connectivity index (χ2v) is 7.80. The summed E-state index contributed by atoms with van der Waals surface area (Å²) in [6.07, 6.45) is 0. The first-order valence-electron chi connectivity index (χ1n) is 10.3. The predicted molar refractivity (Wildman–Crippen MR) is 113 cm³/mol. The largest absolute Gasteiger partial charge is 0.435 e. The molecule has 0 N–H and O–H groups in total. The summed E-state index contributed by atoms with van der Waals surface area (Å²) >= 11 is 0. The SMILES string of the molecule is Cc1ccc(C(=O)N2CCN(CC(=O)N(C)Cc3ccc(OC(F)F)cc3)CC2)cc1F. The maximum absolute atomic E-state index is 13.8. The highest BCUT2D eigenvalue weighted by Crippen LogP contribution is 2.16. The first-order valence-corrected chi connectivity index (χ1v) is 10.3. The summed E-state index contributed by atoms with van der Waals surface area (Å²) in [5, 5.41) is 0. The number of carbonyl (C=O) groups is 2. The van der Waals surface area contributed by atoms with Crippen molar-refractivity contribution in [2.45, 2.75) is 20.1 Å². The van der Waals surface area contributed by atoms with Gasteiger partial charge in [0.2, 0.25) is 5.91 Å². The fourth-order valence-corrected chi connectivity index (χ4v) is 3.47. The fourth-order valence-electron chi connectivity index (χ4n) is 3.47. The lowest BCUT2D eigenvalue weighted by molar-refractivity contribution is -0.132. The van der Waals surface area contributed by atoms with Gasteiger partial charge in [-0.1, -0.05) is 18.2 Å². The van der Waals surface area contributed by atoms with Gasteiger partial charge in [0.15, 0.2) is 0 Å². The van der Waals surface area contributed by atoms with E-state index >= 15 is 0 Å². The van der Waals surface area contributed by atoms with Gasteiger partial charge in [-0.05, 0) is 42.3 Å². The summed E-state index contributed by atoms with van der Waals surface area (Å²) in [4.78, 5) is 30.4. The van der Waals surface area contributed by atoms with Crippen LogP contribution in [0.25, 0.3) is 0 Å². The van der Waals surface area contributed by atoms with E-state index in [2.05, 4.69) is 4.74 Å². The van der Waals surface area contributed by atoms with Gasteiger partial charge < -0.3 is 14.5 Å². The lowest BCUT2D eigenvalue weighted by Gasteiger charge is -2.35. The number of aryl methyl sites for hydroxylation is 1.